The van der Waals surface area contributed by atoms with E-state index >= 15 is 0 Å². The van der Waals surface area contributed by atoms with Crippen LogP contribution in [-0.2, 0) is 14.3 Å². The molecule has 0 radical (unpaired) electrons. The Bertz CT molecular complexity index is 219. The largest absolute Gasteiger partial charge is 0.469 e. The zero-order chi connectivity index (χ0) is 8.77. The molecule has 4 nitrogen and oxygen atoms in total. The fraction of sp³-hybridized carbons (Fsp3) is 0.875. The number of fused-ring (bicyclic) bond motifs is 2. The van der Waals surface area contributed by atoms with Crippen molar-refractivity contribution in [2.75, 3.05) is 13.7 Å². The molecule has 2 rings (SSSR count). The molecule has 2 aliphatic rings. The lowest BCUT2D eigenvalue weighted by molar-refractivity contribution is -0.154. The average Bonchev–Trinajstić information content (AvgIpc) is 2.60. The van der Waals surface area contributed by atoms with Crippen molar-refractivity contribution in [3.8, 4) is 0 Å². The van der Waals surface area contributed by atoms with E-state index in [4.69, 9.17) is 15.2 Å². The number of carbonyl (C=O) groups excluding carboxylic acids is 1. The molecule has 1 aliphatic heterocycles. The van der Waals surface area contributed by atoms with Crippen molar-refractivity contribution < 1.29 is 14.3 Å². The second-order valence-electron chi connectivity index (χ2n) is 3.69. The molecule has 13 heavy (non-hydrogen) atoms. The Kier molecular flexibility index (Phi) is 2.85. The SMILES string of the molecule is COC(=O)[C@]12CO[C@H](C1)[C@H](N)C2.Cl. The quantitative estimate of drug-likeness (QED) is 0.619. The summed E-state index contributed by atoms with van der Waals surface area (Å²) in [6.45, 7) is 0.484. The first-order valence-electron chi connectivity index (χ1n) is 4.13. The van der Waals surface area contributed by atoms with Gasteiger partial charge in [0, 0.05) is 6.04 Å². The molecule has 1 saturated heterocycles. The second-order valence-corrected chi connectivity index (χ2v) is 3.69. The van der Waals surface area contributed by atoms with Crippen molar-refractivity contribution in [3.63, 3.8) is 0 Å². The normalized spacial score (nSPS) is 41.4. The number of nitrogens with two attached hydrogens (primary N) is 1. The van der Waals surface area contributed by atoms with E-state index in [1.165, 1.54) is 7.11 Å². The van der Waals surface area contributed by atoms with Crippen LogP contribution in [0.1, 0.15) is 12.8 Å². The Morgan fingerprint density at radius 2 is 2.31 bits per heavy atom. The zero-order valence-corrected chi connectivity index (χ0v) is 8.30. The Labute approximate surface area is 83.2 Å². The van der Waals surface area contributed by atoms with Crippen LogP contribution in [0.5, 0.6) is 0 Å². The van der Waals surface area contributed by atoms with Gasteiger partial charge in [0.1, 0.15) is 0 Å². The molecular formula is C8H14ClNO3. The van der Waals surface area contributed by atoms with Gasteiger partial charge >= 0.3 is 5.97 Å². The van der Waals surface area contributed by atoms with Gasteiger partial charge in [-0.3, -0.25) is 4.79 Å². The van der Waals surface area contributed by atoms with Crippen LogP contribution < -0.4 is 5.73 Å². The third-order valence-electron chi connectivity index (χ3n) is 2.89. The highest BCUT2D eigenvalue weighted by Gasteiger charge is 2.56. The fourth-order valence-corrected chi connectivity index (χ4v) is 2.21. The van der Waals surface area contributed by atoms with Crippen LogP contribution in [0.2, 0.25) is 0 Å². The highest BCUT2D eigenvalue weighted by atomic mass is 35.5. The molecule has 5 heteroatoms. The van der Waals surface area contributed by atoms with Gasteiger partial charge in [0.05, 0.1) is 25.2 Å². The Balaban J connectivity index is 0.000000845. The van der Waals surface area contributed by atoms with E-state index in [9.17, 15) is 4.79 Å². The lowest BCUT2D eigenvalue weighted by Crippen LogP contribution is -2.39. The second kappa shape index (κ2) is 3.44. The van der Waals surface area contributed by atoms with Crippen LogP contribution in [0.4, 0.5) is 0 Å². The van der Waals surface area contributed by atoms with Crippen LogP contribution in [0.3, 0.4) is 0 Å². The molecule has 0 aromatic carbocycles. The van der Waals surface area contributed by atoms with Crippen molar-refractivity contribution in [2.45, 2.75) is 25.0 Å². The van der Waals surface area contributed by atoms with Gasteiger partial charge in [0.15, 0.2) is 0 Å². The van der Waals surface area contributed by atoms with Crippen molar-refractivity contribution in [3.05, 3.63) is 0 Å². The van der Waals surface area contributed by atoms with Gasteiger partial charge in [0.25, 0.3) is 0 Å². The third-order valence-corrected chi connectivity index (χ3v) is 2.89. The maximum atomic E-state index is 11.4. The Morgan fingerprint density at radius 3 is 2.69 bits per heavy atom. The zero-order valence-electron chi connectivity index (χ0n) is 7.49. The van der Waals surface area contributed by atoms with Gasteiger partial charge < -0.3 is 15.2 Å². The van der Waals surface area contributed by atoms with E-state index in [0.29, 0.717) is 13.0 Å². The minimum atomic E-state index is -0.418. The molecule has 1 aliphatic carbocycles. The molecule has 0 aromatic heterocycles. The van der Waals surface area contributed by atoms with Gasteiger partial charge in [0.2, 0.25) is 0 Å². The highest BCUT2D eigenvalue weighted by molar-refractivity contribution is 5.85. The molecular weight excluding hydrogens is 194 g/mol. The van der Waals surface area contributed by atoms with Crippen LogP contribution in [-0.4, -0.2) is 31.8 Å². The molecule has 0 aromatic rings. The first-order valence-corrected chi connectivity index (χ1v) is 4.13. The maximum absolute atomic E-state index is 11.4. The molecule has 0 amide bonds. The number of esters is 1. The van der Waals surface area contributed by atoms with Crippen LogP contribution in [0, 0.1) is 5.41 Å². The molecule has 76 valence electrons. The molecule has 0 unspecified atom stereocenters. The smallest absolute Gasteiger partial charge is 0.314 e. The Hall–Kier alpha value is -0.320. The van der Waals surface area contributed by atoms with E-state index in [0.717, 1.165) is 6.42 Å². The third kappa shape index (κ3) is 1.43. The summed E-state index contributed by atoms with van der Waals surface area (Å²) in [7, 11) is 1.41. The monoisotopic (exact) mass is 207 g/mol. The summed E-state index contributed by atoms with van der Waals surface area (Å²) < 4.78 is 10.1. The summed E-state index contributed by atoms with van der Waals surface area (Å²) in [6, 6.07) is 0.0119. The summed E-state index contributed by atoms with van der Waals surface area (Å²) in [5.74, 6) is -0.169. The maximum Gasteiger partial charge on any atom is 0.314 e. The van der Waals surface area contributed by atoms with Crippen molar-refractivity contribution in [2.24, 2.45) is 11.1 Å². The minimum Gasteiger partial charge on any atom is -0.469 e. The van der Waals surface area contributed by atoms with Gasteiger partial charge in [-0.25, -0.2) is 0 Å². The number of halogens is 1. The first-order chi connectivity index (χ1) is 5.68. The summed E-state index contributed by atoms with van der Waals surface area (Å²) in [5, 5.41) is 0. The summed E-state index contributed by atoms with van der Waals surface area (Å²) >= 11 is 0. The number of ether oxygens (including phenoxy) is 2. The molecule has 0 spiro atoms. The Morgan fingerprint density at radius 1 is 1.62 bits per heavy atom. The van der Waals surface area contributed by atoms with Crippen molar-refractivity contribution in [1.29, 1.82) is 0 Å². The predicted octanol–water partition coefficient (Wildman–Crippen LogP) is 0.0875. The van der Waals surface area contributed by atoms with Gasteiger partial charge in [-0.2, -0.15) is 0 Å². The van der Waals surface area contributed by atoms with E-state index in [1.807, 2.05) is 0 Å². The number of hydrogen-bond acceptors (Lipinski definition) is 4. The number of hydrogen-bond donors (Lipinski definition) is 1. The molecule has 1 heterocycles. The van der Waals surface area contributed by atoms with Gasteiger partial charge in [-0.05, 0) is 12.8 Å². The molecule has 1 saturated carbocycles. The topological polar surface area (TPSA) is 61.5 Å². The molecule has 2 N–H and O–H groups in total. The molecule has 3 atom stereocenters. The summed E-state index contributed by atoms with van der Waals surface area (Å²) in [6.07, 6.45) is 1.52. The molecule has 2 bridgehead atoms. The van der Waals surface area contributed by atoms with Crippen LogP contribution in [0.25, 0.3) is 0 Å². The average molecular weight is 208 g/mol. The fourth-order valence-electron chi connectivity index (χ4n) is 2.21. The molecule has 2 fully saturated rings. The highest BCUT2D eigenvalue weighted by Crippen LogP contribution is 2.46. The number of methoxy groups -OCH3 is 1. The predicted molar refractivity (Wildman–Crippen MR) is 48.6 cm³/mol. The first kappa shape index (κ1) is 10.8. The minimum absolute atomic E-state index is 0. The number of carbonyl (C=O) groups is 1. The van der Waals surface area contributed by atoms with Crippen molar-refractivity contribution in [1.82, 2.24) is 0 Å². The standard InChI is InChI=1S/C8H13NO3.ClH/c1-11-7(10)8-2-5(9)6(3-8)12-4-8;/h5-6H,2-4,9H2,1H3;1H/t5-,6-,8+;/m1./s1. The van der Waals surface area contributed by atoms with E-state index in [1.54, 1.807) is 0 Å². The van der Waals surface area contributed by atoms with Crippen LogP contribution >= 0.6 is 12.4 Å². The summed E-state index contributed by atoms with van der Waals surface area (Å²) in [5.41, 5.74) is 5.35. The summed E-state index contributed by atoms with van der Waals surface area (Å²) in [4.78, 5) is 11.4. The van der Waals surface area contributed by atoms with Gasteiger partial charge in [-0.15, -0.1) is 12.4 Å². The van der Waals surface area contributed by atoms with Crippen molar-refractivity contribution >= 4 is 18.4 Å². The number of rotatable bonds is 1. The van der Waals surface area contributed by atoms with Crippen LogP contribution in [0.15, 0.2) is 0 Å². The van der Waals surface area contributed by atoms with Gasteiger partial charge in [-0.1, -0.05) is 0 Å². The lowest BCUT2D eigenvalue weighted by atomic mass is 9.88. The van der Waals surface area contributed by atoms with E-state index < -0.39 is 5.41 Å². The van der Waals surface area contributed by atoms with E-state index in [2.05, 4.69) is 0 Å². The van der Waals surface area contributed by atoms with E-state index in [-0.39, 0.29) is 30.5 Å². The lowest BCUT2D eigenvalue weighted by Gasteiger charge is -2.25.